The lowest BCUT2D eigenvalue weighted by atomic mass is 10.1. The fraction of sp³-hybridized carbons (Fsp3) is 0.500. The number of halogens is 2. The quantitative estimate of drug-likeness (QED) is 0.784. The largest absolute Gasteiger partial charge is 0.396 e. The Labute approximate surface area is 94.3 Å². The van der Waals surface area contributed by atoms with Crippen molar-refractivity contribution >= 4 is 0 Å². The number of hydrogen-bond acceptors (Lipinski definition) is 2. The van der Waals surface area contributed by atoms with Gasteiger partial charge in [0.05, 0.1) is 0 Å². The zero-order chi connectivity index (χ0) is 12.0. The minimum Gasteiger partial charge on any atom is -0.396 e. The third-order valence-corrected chi connectivity index (χ3v) is 2.56. The van der Waals surface area contributed by atoms with E-state index < -0.39 is 11.6 Å². The Bertz CT molecular complexity index is 331. The molecule has 0 bridgehead atoms. The van der Waals surface area contributed by atoms with E-state index >= 15 is 0 Å². The lowest BCUT2D eigenvalue weighted by Gasteiger charge is -2.15. The fourth-order valence-electron chi connectivity index (χ4n) is 1.54. The molecule has 0 amide bonds. The van der Waals surface area contributed by atoms with Crippen LogP contribution in [-0.2, 0) is 6.54 Å². The molecule has 90 valence electrons. The lowest BCUT2D eigenvalue weighted by molar-refractivity contribution is 0.261. The third kappa shape index (κ3) is 3.87. The highest BCUT2D eigenvalue weighted by Gasteiger charge is 2.07. The maximum absolute atomic E-state index is 13.3. The molecule has 4 heteroatoms. The second kappa shape index (κ2) is 6.55. The summed E-state index contributed by atoms with van der Waals surface area (Å²) in [5.74, 6) is -0.846. The van der Waals surface area contributed by atoms with Gasteiger partial charge in [-0.3, -0.25) is 0 Å². The molecule has 0 heterocycles. The Hall–Kier alpha value is -1.00. The highest BCUT2D eigenvalue weighted by molar-refractivity contribution is 5.18. The van der Waals surface area contributed by atoms with Crippen LogP contribution < -0.4 is 5.32 Å². The van der Waals surface area contributed by atoms with Gasteiger partial charge in [0.15, 0.2) is 0 Å². The van der Waals surface area contributed by atoms with Crippen LogP contribution in [0.1, 0.15) is 25.3 Å². The van der Waals surface area contributed by atoms with Gasteiger partial charge < -0.3 is 10.4 Å². The SMILES string of the molecule is CCC(CCO)NCc1cc(F)ccc1F. The molecule has 0 saturated heterocycles. The first-order chi connectivity index (χ1) is 7.67. The van der Waals surface area contributed by atoms with Gasteiger partial charge in [-0.25, -0.2) is 8.78 Å². The molecule has 1 aromatic rings. The van der Waals surface area contributed by atoms with Gasteiger partial charge in [-0.15, -0.1) is 0 Å². The third-order valence-electron chi connectivity index (χ3n) is 2.56. The predicted octanol–water partition coefficient (Wildman–Crippen LogP) is 2.22. The van der Waals surface area contributed by atoms with Crippen LogP contribution in [0, 0.1) is 11.6 Å². The summed E-state index contributed by atoms with van der Waals surface area (Å²) < 4.78 is 26.1. The van der Waals surface area contributed by atoms with Crippen molar-refractivity contribution in [1.82, 2.24) is 5.32 Å². The van der Waals surface area contributed by atoms with Crippen LogP contribution >= 0.6 is 0 Å². The minimum atomic E-state index is -0.437. The summed E-state index contributed by atoms with van der Waals surface area (Å²) >= 11 is 0. The van der Waals surface area contributed by atoms with Crippen molar-refractivity contribution in [3.8, 4) is 0 Å². The van der Waals surface area contributed by atoms with E-state index in [1.54, 1.807) is 0 Å². The Balaban J connectivity index is 2.55. The first kappa shape index (κ1) is 13.1. The number of rotatable bonds is 6. The molecule has 2 N–H and O–H groups in total. The molecular weight excluding hydrogens is 212 g/mol. The Morgan fingerprint density at radius 2 is 2.12 bits per heavy atom. The Morgan fingerprint density at radius 1 is 1.38 bits per heavy atom. The van der Waals surface area contributed by atoms with Crippen molar-refractivity contribution in [1.29, 1.82) is 0 Å². The highest BCUT2D eigenvalue weighted by atomic mass is 19.1. The van der Waals surface area contributed by atoms with Crippen molar-refractivity contribution < 1.29 is 13.9 Å². The van der Waals surface area contributed by atoms with Gasteiger partial charge in [0, 0.05) is 24.8 Å². The van der Waals surface area contributed by atoms with E-state index in [4.69, 9.17) is 5.11 Å². The van der Waals surface area contributed by atoms with Crippen LogP contribution in [-0.4, -0.2) is 17.8 Å². The van der Waals surface area contributed by atoms with Crippen LogP contribution in [0.3, 0.4) is 0 Å². The number of aliphatic hydroxyl groups excluding tert-OH is 1. The number of benzene rings is 1. The zero-order valence-corrected chi connectivity index (χ0v) is 9.34. The van der Waals surface area contributed by atoms with E-state index in [0.29, 0.717) is 12.0 Å². The van der Waals surface area contributed by atoms with Gasteiger partial charge in [-0.05, 0) is 31.0 Å². The molecule has 0 radical (unpaired) electrons. The summed E-state index contributed by atoms with van der Waals surface area (Å²) in [6.07, 6.45) is 1.46. The average molecular weight is 229 g/mol. The molecule has 1 atom stereocenters. The first-order valence-electron chi connectivity index (χ1n) is 5.45. The highest BCUT2D eigenvalue weighted by Crippen LogP contribution is 2.10. The van der Waals surface area contributed by atoms with E-state index in [-0.39, 0.29) is 19.2 Å². The van der Waals surface area contributed by atoms with Crippen LogP contribution in [0.4, 0.5) is 8.78 Å². The topological polar surface area (TPSA) is 32.3 Å². The summed E-state index contributed by atoms with van der Waals surface area (Å²) in [4.78, 5) is 0. The molecule has 0 aromatic heterocycles. The molecule has 0 aliphatic heterocycles. The van der Waals surface area contributed by atoms with Crippen molar-refractivity contribution in [2.45, 2.75) is 32.4 Å². The van der Waals surface area contributed by atoms with Crippen LogP contribution in [0.15, 0.2) is 18.2 Å². The van der Waals surface area contributed by atoms with Gasteiger partial charge >= 0.3 is 0 Å². The van der Waals surface area contributed by atoms with Crippen molar-refractivity contribution in [3.05, 3.63) is 35.4 Å². The molecular formula is C12H17F2NO. The van der Waals surface area contributed by atoms with E-state index in [9.17, 15) is 8.78 Å². The molecule has 16 heavy (non-hydrogen) atoms. The normalized spacial score (nSPS) is 12.8. The lowest BCUT2D eigenvalue weighted by Crippen LogP contribution is -2.29. The van der Waals surface area contributed by atoms with Gasteiger partial charge in [-0.1, -0.05) is 6.92 Å². The summed E-state index contributed by atoms with van der Waals surface area (Å²) in [6, 6.07) is 3.55. The van der Waals surface area contributed by atoms with E-state index in [1.807, 2.05) is 6.92 Å². The van der Waals surface area contributed by atoms with E-state index in [2.05, 4.69) is 5.32 Å². The predicted molar refractivity (Wildman–Crippen MR) is 59.0 cm³/mol. The molecule has 1 rings (SSSR count). The van der Waals surface area contributed by atoms with Gasteiger partial charge in [-0.2, -0.15) is 0 Å². The summed E-state index contributed by atoms with van der Waals surface area (Å²) in [6.45, 7) is 2.36. The molecule has 0 spiro atoms. The summed E-state index contributed by atoms with van der Waals surface area (Å²) in [5.41, 5.74) is 0.316. The Morgan fingerprint density at radius 3 is 2.75 bits per heavy atom. The maximum atomic E-state index is 13.3. The molecule has 1 unspecified atom stereocenters. The zero-order valence-electron chi connectivity index (χ0n) is 9.34. The fourth-order valence-corrected chi connectivity index (χ4v) is 1.54. The second-order valence-electron chi connectivity index (χ2n) is 3.73. The number of nitrogens with one attached hydrogen (secondary N) is 1. The molecule has 0 saturated carbocycles. The molecule has 0 aliphatic carbocycles. The van der Waals surface area contributed by atoms with Gasteiger partial charge in [0.2, 0.25) is 0 Å². The summed E-state index contributed by atoms with van der Waals surface area (Å²) in [5, 5.41) is 11.9. The van der Waals surface area contributed by atoms with Crippen molar-refractivity contribution in [2.75, 3.05) is 6.61 Å². The van der Waals surface area contributed by atoms with E-state index in [1.165, 1.54) is 6.07 Å². The van der Waals surface area contributed by atoms with Crippen LogP contribution in [0.2, 0.25) is 0 Å². The van der Waals surface area contributed by atoms with Gasteiger partial charge in [0.25, 0.3) is 0 Å². The number of hydrogen-bond donors (Lipinski definition) is 2. The molecule has 0 fully saturated rings. The smallest absolute Gasteiger partial charge is 0.127 e. The summed E-state index contributed by atoms with van der Waals surface area (Å²) in [7, 11) is 0. The maximum Gasteiger partial charge on any atom is 0.127 e. The van der Waals surface area contributed by atoms with Crippen LogP contribution in [0.5, 0.6) is 0 Å². The van der Waals surface area contributed by atoms with E-state index in [0.717, 1.165) is 18.6 Å². The van der Waals surface area contributed by atoms with Crippen molar-refractivity contribution in [3.63, 3.8) is 0 Å². The number of aliphatic hydroxyl groups is 1. The van der Waals surface area contributed by atoms with Gasteiger partial charge in [0.1, 0.15) is 11.6 Å². The molecule has 2 nitrogen and oxygen atoms in total. The minimum absolute atomic E-state index is 0.0944. The van der Waals surface area contributed by atoms with Crippen LogP contribution in [0.25, 0.3) is 0 Å². The van der Waals surface area contributed by atoms with Crippen molar-refractivity contribution in [2.24, 2.45) is 0 Å². The second-order valence-corrected chi connectivity index (χ2v) is 3.73. The first-order valence-corrected chi connectivity index (χ1v) is 5.45. The monoisotopic (exact) mass is 229 g/mol. The average Bonchev–Trinajstić information content (AvgIpc) is 2.28. The standard InChI is InChI=1S/C12H17F2NO/c1-2-11(5-6-16)15-8-9-7-10(13)3-4-12(9)14/h3-4,7,11,15-16H,2,5-6,8H2,1H3. The molecule has 0 aliphatic rings. The Kier molecular flexibility index (Phi) is 5.35. The molecule has 1 aromatic carbocycles.